The van der Waals surface area contributed by atoms with Gasteiger partial charge in [0.1, 0.15) is 12.4 Å². The number of rotatable bonds is 7. The Balaban J connectivity index is 1.96. The van der Waals surface area contributed by atoms with Crippen molar-refractivity contribution in [2.45, 2.75) is 32.9 Å². The van der Waals surface area contributed by atoms with Crippen molar-refractivity contribution >= 4 is 0 Å². The van der Waals surface area contributed by atoms with E-state index in [1.54, 1.807) is 6.33 Å². The topological polar surface area (TPSA) is 39.1 Å². The molecule has 1 atom stereocenters. The number of nitrogens with one attached hydrogen (secondary N) is 1. The molecule has 2 aromatic rings. The molecular weight excluding hydrogens is 250 g/mol. The smallest absolute Gasteiger partial charge is 0.130 e. The predicted octanol–water partition coefficient (Wildman–Crippen LogP) is 3.06. The zero-order chi connectivity index (χ0) is 14.4. The van der Waals surface area contributed by atoms with Crippen LogP contribution in [0.1, 0.15) is 37.6 Å². The van der Waals surface area contributed by atoms with Crippen molar-refractivity contribution in [2.75, 3.05) is 6.54 Å². The van der Waals surface area contributed by atoms with Gasteiger partial charge in [0.15, 0.2) is 0 Å². The number of aryl methyl sites for hydroxylation is 1. The first kappa shape index (κ1) is 14.6. The SMILES string of the molecule is CCNC(CC)c1ccc(OCc2cncn2C)cc1. The summed E-state index contributed by atoms with van der Waals surface area (Å²) in [4.78, 5) is 4.08. The van der Waals surface area contributed by atoms with Gasteiger partial charge in [-0.1, -0.05) is 26.0 Å². The largest absolute Gasteiger partial charge is 0.487 e. The highest BCUT2D eigenvalue weighted by molar-refractivity contribution is 5.29. The molecule has 1 aromatic carbocycles. The first-order valence-corrected chi connectivity index (χ1v) is 7.16. The van der Waals surface area contributed by atoms with Crippen LogP contribution in [0.4, 0.5) is 0 Å². The predicted molar refractivity (Wildman–Crippen MR) is 80.7 cm³/mol. The van der Waals surface area contributed by atoms with Crippen molar-refractivity contribution in [3.05, 3.63) is 48.0 Å². The van der Waals surface area contributed by atoms with Crippen LogP contribution in [0.5, 0.6) is 5.75 Å². The van der Waals surface area contributed by atoms with Gasteiger partial charge in [-0.05, 0) is 30.7 Å². The van der Waals surface area contributed by atoms with E-state index in [0.29, 0.717) is 12.6 Å². The van der Waals surface area contributed by atoms with Gasteiger partial charge < -0.3 is 14.6 Å². The highest BCUT2D eigenvalue weighted by atomic mass is 16.5. The van der Waals surface area contributed by atoms with E-state index in [1.165, 1.54) is 5.56 Å². The third kappa shape index (κ3) is 3.61. The maximum absolute atomic E-state index is 5.78. The van der Waals surface area contributed by atoms with E-state index in [1.807, 2.05) is 29.9 Å². The quantitative estimate of drug-likeness (QED) is 0.842. The summed E-state index contributed by atoms with van der Waals surface area (Å²) in [5.74, 6) is 0.890. The Labute approximate surface area is 120 Å². The van der Waals surface area contributed by atoms with Gasteiger partial charge in [0.2, 0.25) is 0 Å². The number of benzene rings is 1. The molecule has 1 heterocycles. The van der Waals surface area contributed by atoms with Crippen molar-refractivity contribution in [3.8, 4) is 5.75 Å². The summed E-state index contributed by atoms with van der Waals surface area (Å²) in [7, 11) is 1.97. The van der Waals surface area contributed by atoms with Crippen molar-refractivity contribution < 1.29 is 4.74 Å². The Morgan fingerprint density at radius 1 is 1.25 bits per heavy atom. The van der Waals surface area contributed by atoms with Crippen LogP contribution in [0.3, 0.4) is 0 Å². The average Bonchev–Trinajstić information content (AvgIpc) is 2.89. The van der Waals surface area contributed by atoms with Gasteiger partial charge in [-0.25, -0.2) is 4.98 Å². The molecule has 20 heavy (non-hydrogen) atoms. The molecule has 1 aromatic heterocycles. The van der Waals surface area contributed by atoms with Gasteiger partial charge in [-0.2, -0.15) is 0 Å². The highest BCUT2D eigenvalue weighted by Gasteiger charge is 2.07. The fraction of sp³-hybridized carbons (Fsp3) is 0.438. The second-order valence-corrected chi connectivity index (χ2v) is 4.87. The highest BCUT2D eigenvalue weighted by Crippen LogP contribution is 2.20. The minimum Gasteiger partial charge on any atom is -0.487 e. The molecule has 0 fully saturated rings. The number of hydrogen-bond donors (Lipinski definition) is 1. The number of hydrogen-bond acceptors (Lipinski definition) is 3. The Bertz CT molecular complexity index is 519. The Hall–Kier alpha value is -1.81. The van der Waals surface area contributed by atoms with Gasteiger partial charge in [-0.15, -0.1) is 0 Å². The summed E-state index contributed by atoms with van der Waals surface area (Å²) < 4.78 is 7.74. The van der Waals surface area contributed by atoms with Crippen molar-refractivity contribution in [3.63, 3.8) is 0 Å². The summed E-state index contributed by atoms with van der Waals surface area (Å²) in [6.45, 7) is 5.85. The van der Waals surface area contributed by atoms with E-state index in [-0.39, 0.29) is 0 Å². The molecule has 0 saturated carbocycles. The summed E-state index contributed by atoms with van der Waals surface area (Å²) in [6, 6.07) is 8.76. The van der Waals surface area contributed by atoms with Crippen LogP contribution in [0.2, 0.25) is 0 Å². The van der Waals surface area contributed by atoms with Crippen molar-refractivity contribution in [1.29, 1.82) is 0 Å². The molecule has 108 valence electrons. The molecule has 0 aliphatic carbocycles. The molecule has 0 spiro atoms. The molecule has 1 N–H and O–H groups in total. The van der Waals surface area contributed by atoms with Gasteiger partial charge in [0.05, 0.1) is 18.2 Å². The third-order valence-electron chi connectivity index (χ3n) is 3.44. The molecule has 0 radical (unpaired) electrons. The molecule has 0 aliphatic heterocycles. The van der Waals surface area contributed by atoms with Gasteiger partial charge >= 0.3 is 0 Å². The zero-order valence-electron chi connectivity index (χ0n) is 12.5. The van der Waals surface area contributed by atoms with Crippen LogP contribution < -0.4 is 10.1 Å². The first-order chi connectivity index (χ1) is 9.74. The van der Waals surface area contributed by atoms with Gasteiger partial charge in [0.25, 0.3) is 0 Å². The van der Waals surface area contributed by atoms with Crippen LogP contribution in [-0.4, -0.2) is 16.1 Å². The lowest BCUT2D eigenvalue weighted by Crippen LogP contribution is -2.19. The van der Waals surface area contributed by atoms with E-state index < -0.39 is 0 Å². The van der Waals surface area contributed by atoms with Crippen molar-refractivity contribution in [1.82, 2.24) is 14.9 Å². The monoisotopic (exact) mass is 273 g/mol. The standard InChI is InChI=1S/C16H23N3O/c1-4-16(18-5-2)13-6-8-15(9-7-13)20-11-14-10-17-12-19(14)3/h6-10,12,16,18H,4-5,11H2,1-3H3. The first-order valence-electron chi connectivity index (χ1n) is 7.16. The summed E-state index contributed by atoms with van der Waals surface area (Å²) in [5, 5.41) is 3.48. The molecule has 4 nitrogen and oxygen atoms in total. The molecule has 0 amide bonds. The average molecular weight is 273 g/mol. The molecule has 4 heteroatoms. The normalized spacial score (nSPS) is 12.3. The van der Waals surface area contributed by atoms with Crippen LogP contribution >= 0.6 is 0 Å². The summed E-state index contributed by atoms with van der Waals surface area (Å²) >= 11 is 0. The third-order valence-corrected chi connectivity index (χ3v) is 3.44. The Morgan fingerprint density at radius 2 is 2.00 bits per heavy atom. The molecule has 0 aliphatic rings. The van der Waals surface area contributed by atoms with Crippen LogP contribution in [0.15, 0.2) is 36.8 Å². The maximum Gasteiger partial charge on any atom is 0.130 e. The fourth-order valence-electron chi connectivity index (χ4n) is 2.22. The Morgan fingerprint density at radius 3 is 2.55 bits per heavy atom. The lowest BCUT2D eigenvalue weighted by molar-refractivity contribution is 0.297. The van der Waals surface area contributed by atoms with Crippen LogP contribution in [0, 0.1) is 0 Å². The lowest BCUT2D eigenvalue weighted by atomic mass is 10.0. The van der Waals surface area contributed by atoms with E-state index in [4.69, 9.17) is 4.74 Å². The van der Waals surface area contributed by atoms with E-state index in [9.17, 15) is 0 Å². The molecule has 2 rings (SSSR count). The van der Waals surface area contributed by atoms with Crippen LogP contribution in [0.25, 0.3) is 0 Å². The molecule has 0 saturated heterocycles. The van der Waals surface area contributed by atoms with Gasteiger partial charge in [0, 0.05) is 13.1 Å². The van der Waals surface area contributed by atoms with E-state index in [2.05, 4.69) is 36.3 Å². The minimum atomic E-state index is 0.422. The number of nitrogens with zero attached hydrogens (tertiary/aromatic N) is 2. The summed E-state index contributed by atoms with van der Waals surface area (Å²) in [6.07, 6.45) is 4.69. The minimum absolute atomic E-state index is 0.422. The fourth-order valence-corrected chi connectivity index (χ4v) is 2.22. The van der Waals surface area contributed by atoms with E-state index >= 15 is 0 Å². The number of imidazole rings is 1. The number of aromatic nitrogens is 2. The second kappa shape index (κ2) is 7.10. The van der Waals surface area contributed by atoms with Gasteiger partial charge in [-0.3, -0.25) is 0 Å². The number of ether oxygens (including phenoxy) is 1. The lowest BCUT2D eigenvalue weighted by Gasteiger charge is -2.16. The Kier molecular flexibility index (Phi) is 5.18. The van der Waals surface area contributed by atoms with Crippen molar-refractivity contribution in [2.24, 2.45) is 7.05 Å². The maximum atomic E-state index is 5.78. The van der Waals surface area contributed by atoms with E-state index in [0.717, 1.165) is 24.4 Å². The van der Waals surface area contributed by atoms with Crippen LogP contribution in [-0.2, 0) is 13.7 Å². The molecule has 0 bridgehead atoms. The molecule has 1 unspecified atom stereocenters. The second-order valence-electron chi connectivity index (χ2n) is 4.87. The zero-order valence-corrected chi connectivity index (χ0v) is 12.5. The molecular formula is C16H23N3O. The summed E-state index contributed by atoms with van der Waals surface area (Å²) in [5.41, 5.74) is 2.37.